The van der Waals surface area contributed by atoms with Gasteiger partial charge in [0.1, 0.15) is 0 Å². The summed E-state index contributed by atoms with van der Waals surface area (Å²) in [5, 5.41) is 11.6. The Hall–Kier alpha value is -3.04. The van der Waals surface area contributed by atoms with Gasteiger partial charge in [-0.2, -0.15) is 0 Å². The number of para-hydroxylation sites is 1. The number of thioether (sulfide) groups is 1. The van der Waals surface area contributed by atoms with E-state index in [9.17, 15) is 9.59 Å². The zero-order chi connectivity index (χ0) is 18.8. The third-order valence-electron chi connectivity index (χ3n) is 3.76. The van der Waals surface area contributed by atoms with E-state index in [1.165, 1.54) is 35.2 Å². The lowest BCUT2D eigenvalue weighted by atomic mass is 10.0. The Labute approximate surface area is 161 Å². The number of carbonyl (C=O) groups is 1. The lowest BCUT2D eigenvalue weighted by Gasteiger charge is -2.07. The molecular formula is C18H12N4O3S2. The minimum Gasteiger partial charge on any atom is -0.417 e. The first-order valence-electron chi connectivity index (χ1n) is 7.82. The highest BCUT2D eigenvalue weighted by molar-refractivity contribution is 8.00. The lowest BCUT2D eigenvalue weighted by molar-refractivity contribution is 0.0992. The molecule has 0 unspecified atom stereocenters. The summed E-state index contributed by atoms with van der Waals surface area (Å²) in [5.74, 6) is -0.657. The van der Waals surface area contributed by atoms with Gasteiger partial charge in [0.25, 0.3) is 5.91 Å². The van der Waals surface area contributed by atoms with Crippen molar-refractivity contribution in [1.29, 1.82) is 0 Å². The summed E-state index contributed by atoms with van der Waals surface area (Å²) >= 11 is 2.67. The monoisotopic (exact) mass is 396 g/mol. The van der Waals surface area contributed by atoms with Crippen LogP contribution in [0.15, 0.2) is 62.2 Å². The fraction of sp³-hybridized carbons (Fsp3) is 0.0556. The second-order valence-corrected chi connectivity index (χ2v) is 7.47. The summed E-state index contributed by atoms with van der Waals surface area (Å²) in [6.45, 7) is 0. The highest BCUT2D eigenvalue weighted by Gasteiger charge is 2.15. The normalized spacial score (nSPS) is 10.9. The molecule has 0 aliphatic carbocycles. The molecule has 4 aromatic rings. The second-order valence-electron chi connectivity index (χ2n) is 5.44. The number of pyridine rings is 1. The van der Waals surface area contributed by atoms with Crippen molar-refractivity contribution in [2.75, 3.05) is 11.6 Å². The van der Waals surface area contributed by atoms with E-state index in [1.54, 1.807) is 12.3 Å². The number of nitrogens with one attached hydrogen (secondary N) is 1. The van der Waals surface area contributed by atoms with Crippen LogP contribution in [0.4, 0.5) is 5.13 Å². The number of anilines is 1. The SMILES string of the molecule is CSc1nnc(NC(=O)c2cc(-c3ccnc4ccccc34)cc(=O)o2)s1. The Bertz CT molecular complexity index is 1200. The molecule has 0 saturated carbocycles. The standard InChI is InChI=1S/C18H12N4O3S2/c1-26-18-22-21-17(27-18)20-16(24)14-8-10(9-15(23)25-14)11-6-7-19-13-5-3-2-4-12(11)13/h2-9H,1H3,(H,20,21,24). The number of aromatic nitrogens is 3. The Kier molecular flexibility index (Phi) is 4.69. The van der Waals surface area contributed by atoms with Crippen LogP contribution < -0.4 is 10.9 Å². The van der Waals surface area contributed by atoms with Crippen molar-refractivity contribution in [2.24, 2.45) is 0 Å². The number of hydrogen-bond donors (Lipinski definition) is 1. The van der Waals surface area contributed by atoms with Gasteiger partial charge in [-0.05, 0) is 35.6 Å². The second kappa shape index (κ2) is 7.29. The summed E-state index contributed by atoms with van der Waals surface area (Å²) in [7, 11) is 0. The molecule has 3 aromatic heterocycles. The van der Waals surface area contributed by atoms with Crippen LogP contribution in [0.25, 0.3) is 22.0 Å². The molecule has 0 saturated heterocycles. The van der Waals surface area contributed by atoms with Gasteiger partial charge < -0.3 is 4.42 Å². The zero-order valence-corrected chi connectivity index (χ0v) is 15.6. The topological polar surface area (TPSA) is 98.0 Å². The number of hydrogen-bond acceptors (Lipinski definition) is 8. The van der Waals surface area contributed by atoms with Crippen molar-refractivity contribution in [2.45, 2.75) is 4.34 Å². The summed E-state index contributed by atoms with van der Waals surface area (Å²) in [5.41, 5.74) is 1.56. The van der Waals surface area contributed by atoms with Gasteiger partial charge in [-0.1, -0.05) is 41.3 Å². The lowest BCUT2D eigenvalue weighted by Crippen LogP contribution is -2.14. The van der Waals surface area contributed by atoms with Gasteiger partial charge in [0.15, 0.2) is 10.1 Å². The van der Waals surface area contributed by atoms with E-state index in [0.717, 1.165) is 20.8 Å². The average Bonchev–Trinajstić information content (AvgIpc) is 3.14. The quantitative estimate of drug-likeness (QED) is 0.415. The van der Waals surface area contributed by atoms with Gasteiger partial charge in [0.05, 0.1) is 5.52 Å². The molecule has 1 N–H and O–H groups in total. The van der Waals surface area contributed by atoms with E-state index in [0.29, 0.717) is 10.7 Å². The third kappa shape index (κ3) is 3.60. The van der Waals surface area contributed by atoms with Crippen molar-refractivity contribution in [3.05, 3.63) is 64.8 Å². The van der Waals surface area contributed by atoms with Gasteiger partial charge in [-0.3, -0.25) is 15.1 Å². The fourth-order valence-electron chi connectivity index (χ4n) is 2.59. The van der Waals surface area contributed by atoms with Crippen LogP contribution in [-0.4, -0.2) is 27.3 Å². The van der Waals surface area contributed by atoms with Gasteiger partial charge >= 0.3 is 5.63 Å². The molecule has 0 bridgehead atoms. The Balaban J connectivity index is 1.73. The molecule has 3 heterocycles. The summed E-state index contributed by atoms with van der Waals surface area (Å²) in [6, 6.07) is 12.3. The van der Waals surface area contributed by atoms with E-state index in [1.807, 2.05) is 30.5 Å². The van der Waals surface area contributed by atoms with E-state index < -0.39 is 11.5 Å². The minimum atomic E-state index is -0.611. The average molecular weight is 396 g/mol. The predicted octanol–water partition coefficient (Wildman–Crippen LogP) is 3.68. The van der Waals surface area contributed by atoms with Gasteiger partial charge in [0, 0.05) is 17.6 Å². The first-order valence-corrected chi connectivity index (χ1v) is 9.86. The fourth-order valence-corrected chi connectivity index (χ4v) is 3.76. The summed E-state index contributed by atoms with van der Waals surface area (Å²) in [4.78, 5) is 28.8. The van der Waals surface area contributed by atoms with Crippen LogP contribution in [-0.2, 0) is 0 Å². The maximum atomic E-state index is 12.5. The number of amides is 1. The molecule has 134 valence electrons. The molecular weight excluding hydrogens is 384 g/mol. The zero-order valence-electron chi connectivity index (χ0n) is 14.0. The molecule has 9 heteroatoms. The maximum absolute atomic E-state index is 12.5. The first-order chi connectivity index (χ1) is 13.1. The van der Waals surface area contributed by atoms with Crippen LogP contribution in [0.2, 0.25) is 0 Å². The van der Waals surface area contributed by atoms with Gasteiger partial charge in [0.2, 0.25) is 5.13 Å². The minimum absolute atomic E-state index is 0.0979. The van der Waals surface area contributed by atoms with E-state index in [-0.39, 0.29) is 5.76 Å². The van der Waals surface area contributed by atoms with Crippen molar-refractivity contribution in [3.8, 4) is 11.1 Å². The summed E-state index contributed by atoms with van der Waals surface area (Å²) in [6.07, 6.45) is 3.53. The molecule has 0 fully saturated rings. The maximum Gasteiger partial charge on any atom is 0.336 e. The van der Waals surface area contributed by atoms with E-state index >= 15 is 0 Å². The predicted molar refractivity (Wildman–Crippen MR) is 105 cm³/mol. The Morgan fingerprint density at radius 2 is 2.04 bits per heavy atom. The van der Waals surface area contributed by atoms with Crippen molar-refractivity contribution >= 4 is 45.0 Å². The van der Waals surface area contributed by atoms with Gasteiger partial charge in [-0.15, -0.1) is 10.2 Å². The number of rotatable bonds is 4. The number of fused-ring (bicyclic) bond motifs is 1. The largest absolute Gasteiger partial charge is 0.417 e. The molecule has 7 nitrogen and oxygen atoms in total. The highest BCUT2D eigenvalue weighted by atomic mass is 32.2. The smallest absolute Gasteiger partial charge is 0.336 e. The Morgan fingerprint density at radius 3 is 2.85 bits per heavy atom. The first kappa shape index (κ1) is 17.4. The third-order valence-corrected chi connectivity index (χ3v) is 5.57. The van der Waals surface area contributed by atoms with Gasteiger partial charge in [-0.25, -0.2) is 4.79 Å². The van der Waals surface area contributed by atoms with Crippen LogP contribution in [0.5, 0.6) is 0 Å². The molecule has 0 aliphatic rings. The van der Waals surface area contributed by atoms with Crippen LogP contribution in [0.3, 0.4) is 0 Å². The molecule has 0 atom stereocenters. The number of nitrogens with zero attached hydrogens (tertiary/aromatic N) is 3. The molecule has 27 heavy (non-hydrogen) atoms. The molecule has 0 spiro atoms. The highest BCUT2D eigenvalue weighted by Crippen LogP contribution is 2.28. The van der Waals surface area contributed by atoms with Crippen molar-refractivity contribution in [3.63, 3.8) is 0 Å². The molecule has 0 radical (unpaired) electrons. The van der Waals surface area contributed by atoms with Crippen molar-refractivity contribution in [1.82, 2.24) is 15.2 Å². The van der Waals surface area contributed by atoms with Crippen LogP contribution in [0.1, 0.15) is 10.6 Å². The van der Waals surface area contributed by atoms with E-state index in [2.05, 4.69) is 20.5 Å². The van der Waals surface area contributed by atoms with Crippen LogP contribution in [0, 0.1) is 0 Å². The van der Waals surface area contributed by atoms with Crippen LogP contribution >= 0.6 is 23.1 Å². The molecule has 0 aliphatic heterocycles. The summed E-state index contributed by atoms with van der Waals surface area (Å²) < 4.78 is 5.81. The Morgan fingerprint density at radius 1 is 1.19 bits per heavy atom. The molecule has 4 rings (SSSR count). The number of carbonyl (C=O) groups excluding carboxylic acids is 1. The molecule has 1 aromatic carbocycles. The van der Waals surface area contributed by atoms with E-state index in [4.69, 9.17) is 4.42 Å². The van der Waals surface area contributed by atoms with Crippen molar-refractivity contribution < 1.29 is 9.21 Å². The molecule has 1 amide bonds. The number of benzene rings is 1.